The number of hydrogen-bond donors (Lipinski definition) is 2. The van der Waals surface area contributed by atoms with Gasteiger partial charge < -0.3 is 15.0 Å². The summed E-state index contributed by atoms with van der Waals surface area (Å²) >= 11 is 12.6. The van der Waals surface area contributed by atoms with Crippen molar-refractivity contribution in [1.29, 1.82) is 0 Å². The number of sulfone groups is 1. The Bertz CT molecular complexity index is 1120. The highest BCUT2D eigenvalue weighted by molar-refractivity contribution is 7.90. The predicted molar refractivity (Wildman–Crippen MR) is 107 cm³/mol. The van der Waals surface area contributed by atoms with Crippen LogP contribution < -0.4 is 10.7 Å². The first kappa shape index (κ1) is 19.9. The van der Waals surface area contributed by atoms with Gasteiger partial charge in [-0.3, -0.25) is 4.79 Å². The second-order valence-electron chi connectivity index (χ2n) is 6.14. The van der Waals surface area contributed by atoms with Gasteiger partial charge in [0.2, 0.25) is 0 Å². The van der Waals surface area contributed by atoms with Crippen molar-refractivity contribution in [1.82, 2.24) is 9.55 Å². The molecule has 0 spiro atoms. The summed E-state index contributed by atoms with van der Waals surface area (Å²) in [5, 5.41) is 13.6. The zero-order chi connectivity index (χ0) is 19.8. The predicted octanol–water partition coefficient (Wildman–Crippen LogP) is 2.23. The van der Waals surface area contributed by atoms with Crippen molar-refractivity contribution in [3.8, 4) is 0 Å². The van der Waals surface area contributed by atoms with E-state index in [9.17, 15) is 18.3 Å². The molecular weight excluding hydrogens is 413 g/mol. The van der Waals surface area contributed by atoms with Gasteiger partial charge in [-0.2, -0.15) is 0 Å². The largest absolute Gasteiger partial charge is 0.390 e. The van der Waals surface area contributed by atoms with Gasteiger partial charge in [-0.25, -0.2) is 13.4 Å². The normalized spacial score (nSPS) is 16.7. The fraction of sp³-hybridized carbons (Fsp3) is 0.294. The van der Waals surface area contributed by atoms with E-state index in [1.54, 1.807) is 16.7 Å². The average Bonchev–Trinajstić information content (AvgIpc) is 3.01. The number of nitrogens with zero attached hydrogens (tertiary/aromatic N) is 2. The number of fused-ring (bicyclic) bond motifs is 1. The average molecular weight is 430 g/mol. The quantitative estimate of drug-likeness (QED) is 0.729. The first-order chi connectivity index (χ1) is 12.7. The van der Waals surface area contributed by atoms with Gasteiger partial charge in [-0.1, -0.05) is 35.4 Å². The summed E-state index contributed by atoms with van der Waals surface area (Å²) in [6, 6.07) is 0.888. The van der Waals surface area contributed by atoms with Gasteiger partial charge in [-0.05, 0) is 6.08 Å². The molecule has 3 rings (SSSR count). The first-order valence-electron chi connectivity index (χ1n) is 8.02. The van der Waals surface area contributed by atoms with Gasteiger partial charge in [0.15, 0.2) is 5.43 Å². The Labute approximate surface area is 165 Å². The van der Waals surface area contributed by atoms with E-state index in [1.165, 1.54) is 12.3 Å². The van der Waals surface area contributed by atoms with Crippen LogP contribution in [0.3, 0.4) is 0 Å². The van der Waals surface area contributed by atoms with Crippen molar-refractivity contribution < 1.29 is 13.5 Å². The summed E-state index contributed by atoms with van der Waals surface area (Å²) in [6.45, 7) is -0.289. The van der Waals surface area contributed by atoms with Crippen LogP contribution in [0.5, 0.6) is 0 Å². The lowest BCUT2D eigenvalue weighted by molar-refractivity contribution is 0.270. The summed E-state index contributed by atoms with van der Waals surface area (Å²) in [4.78, 5) is 16.8. The van der Waals surface area contributed by atoms with Crippen LogP contribution in [0.4, 0.5) is 5.82 Å². The molecule has 1 aliphatic rings. The molecule has 2 N–H and O–H groups in total. The number of rotatable bonds is 6. The van der Waals surface area contributed by atoms with E-state index >= 15 is 0 Å². The maximum absolute atomic E-state index is 12.7. The van der Waals surface area contributed by atoms with Crippen LogP contribution >= 0.6 is 23.2 Å². The molecule has 0 aromatic carbocycles. The Morgan fingerprint density at radius 2 is 2.11 bits per heavy atom. The third-order valence-corrected chi connectivity index (χ3v) is 5.71. The van der Waals surface area contributed by atoms with Crippen LogP contribution in [0.1, 0.15) is 11.7 Å². The molecule has 0 saturated carbocycles. The molecule has 1 atom stereocenters. The van der Waals surface area contributed by atoms with Gasteiger partial charge in [-0.15, -0.1) is 0 Å². The minimum atomic E-state index is -3.17. The number of pyridine rings is 2. The molecule has 1 unspecified atom stereocenters. The summed E-state index contributed by atoms with van der Waals surface area (Å²) in [5.74, 6) is 0.116. The van der Waals surface area contributed by atoms with Crippen LogP contribution in [-0.2, 0) is 16.4 Å². The zero-order valence-corrected chi connectivity index (χ0v) is 16.6. The van der Waals surface area contributed by atoms with E-state index in [4.69, 9.17) is 23.2 Å². The molecule has 0 aliphatic heterocycles. The van der Waals surface area contributed by atoms with E-state index < -0.39 is 15.9 Å². The minimum absolute atomic E-state index is 0.0910. The van der Waals surface area contributed by atoms with Gasteiger partial charge in [0.05, 0.1) is 40.5 Å². The Hall–Kier alpha value is -1.87. The molecule has 0 amide bonds. The molecule has 144 valence electrons. The lowest BCUT2D eigenvalue weighted by Gasteiger charge is -2.23. The maximum Gasteiger partial charge on any atom is 0.193 e. The van der Waals surface area contributed by atoms with Crippen molar-refractivity contribution in [3.63, 3.8) is 0 Å². The second kappa shape index (κ2) is 7.63. The Kier molecular flexibility index (Phi) is 5.62. The van der Waals surface area contributed by atoms with E-state index in [2.05, 4.69) is 10.3 Å². The summed E-state index contributed by atoms with van der Waals surface area (Å²) in [6.07, 6.45) is 7.82. The summed E-state index contributed by atoms with van der Waals surface area (Å²) in [5.41, 5.74) is 0.336. The van der Waals surface area contributed by atoms with Crippen molar-refractivity contribution in [2.45, 2.75) is 12.6 Å². The molecule has 1 aliphatic carbocycles. The smallest absolute Gasteiger partial charge is 0.193 e. The zero-order valence-electron chi connectivity index (χ0n) is 14.3. The monoisotopic (exact) mass is 429 g/mol. The van der Waals surface area contributed by atoms with Gasteiger partial charge in [0, 0.05) is 29.6 Å². The third-order valence-electron chi connectivity index (χ3n) is 4.14. The molecule has 0 fully saturated rings. The van der Waals surface area contributed by atoms with Crippen molar-refractivity contribution in [3.05, 3.63) is 56.5 Å². The van der Waals surface area contributed by atoms with Crippen LogP contribution in [0.2, 0.25) is 5.02 Å². The number of halogens is 2. The Balaban J connectivity index is 2.22. The van der Waals surface area contributed by atoms with Gasteiger partial charge in [0.1, 0.15) is 15.7 Å². The van der Waals surface area contributed by atoms with Crippen molar-refractivity contribution in [2.24, 2.45) is 0 Å². The standard InChI is InChI=1S/C17H17Cl2N3O4S/c1-27(25,26)6-5-20-17-15-14(24)7-10(9-23)22(13-4-2-3-11(13)18)16(15)12(19)8-21-17/h2-4,7-8,13,23H,5-6,9H2,1H3,(H,20,21). The van der Waals surface area contributed by atoms with E-state index in [-0.39, 0.29) is 40.6 Å². The van der Waals surface area contributed by atoms with Crippen LogP contribution in [0, 0.1) is 0 Å². The number of aromatic nitrogens is 2. The lowest BCUT2D eigenvalue weighted by Crippen LogP contribution is -2.21. The van der Waals surface area contributed by atoms with Crippen LogP contribution in [0.25, 0.3) is 10.9 Å². The lowest BCUT2D eigenvalue weighted by atomic mass is 10.1. The maximum atomic E-state index is 12.7. The van der Waals surface area contributed by atoms with Gasteiger partial charge in [0.25, 0.3) is 0 Å². The number of aliphatic hydroxyl groups is 1. The van der Waals surface area contributed by atoms with Crippen LogP contribution in [-0.4, -0.2) is 41.6 Å². The summed E-state index contributed by atoms with van der Waals surface area (Å²) < 4.78 is 24.4. The molecule has 7 nitrogen and oxygen atoms in total. The fourth-order valence-corrected chi connectivity index (χ4v) is 3.92. The first-order valence-corrected chi connectivity index (χ1v) is 10.8. The molecular formula is C17H17Cl2N3O4S. The minimum Gasteiger partial charge on any atom is -0.390 e. The number of allylic oxidation sites excluding steroid dienone is 4. The number of nitrogens with one attached hydrogen (secondary N) is 1. The van der Waals surface area contributed by atoms with E-state index in [0.717, 1.165) is 6.26 Å². The Morgan fingerprint density at radius 1 is 1.37 bits per heavy atom. The third kappa shape index (κ3) is 4.03. The van der Waals surface area contributed by atoms with Crippen molar-refractivity contribution in [2.75, 3.05) is 23.9 Å². The number of anilines is 1. The fourth-order valence-electron chi connectivity index (χ4n) is 2.97. The highest BCUT2D eigenvalue weighted by Crippen LogP contribution is 2.35. The molecule has 0 bridgehead atoms. The highest BCUT2D eigenvalue weighted by Gasteiger charge is 2.23. The molecule has 0 saturated heterocycles. The van der Waals surface area contributed by atoms with E-state index in [1.807, 2.05) is 6.08 Å². The number of hydrogen-bond acceptors (Lipinski definition) is 6. The van der Waals surface area contributed by atoms with Crippen molar-refractivity contribution >= 4 is 49.8 Å². The van der Waals surface area contributed by atoms with Gasteiger partial charge >= 0.3 is 0 Å². The molecule has 0 radical (unpaired) electrons. The molecule has 10 heteroatoms. The highest BCUT2D eigenvalue weighted by atomic mass is 35.5. The summed E-state index contributed by atoms with van der Waals surface area (Å²) in [7, 11) is -3.17. The van der Waals surface area contributed by atoms with E-state index in [0.29, 0.717) is 16.2 Å². The Morgan fingerprint density at radius 3 is 2.70 bits per heavy atom. The molecule has 2 aromatic heterocycles. The topological polar surface area (TPSA) is 101 Å². The molecule has 27 heavy (non-hydrogen) atoms. The second-order valence-corrected chi connectivity index (χ2v) is 9.25. The number of aliphatic hydroxyl groups excluding tert-OH is 1. The molecule has 2 aromatic rings. The molecule has 2 heterocycles. The van der Waals surface area contributed by atoms with Crippen LogP contribution in [0.15, 0.2) is 40.3 Å². The SMILES string of the molecule is CS(=O)(=O)CCNc1ncc(Cl)c2c1c(=O)cc(CO)n2C1C=CC=C1Cl.